The monoisotopic (exact) mass is 220 g/mol. The van der Waals surface area contributed by atoms with Gasteiger partial charge in [0.05, 0.1) is 12.7 Å². The molecular formula is C13H20N2O. The van der Waals surface area contributed by atoms with Gasteiger partial charge in [-0.15, -0.1) is 0 Å². The fourth-order valence-corrected chi connectivity index (χ4v) is 2.13. The number of hydrogen-bond acceptors (Lipinski definition) is 3. The molecule has 0 amide bonds. The fourth-order valence-electron chi connectivity index (χ4n) is 2.13. The molecule has 1 saturated heterocycles. The molecule has 1 aliphatic rings. The van der Waals surface area contributed by atoms with Gasteiger partial charge in [-0.1, -0.05) is 12.1 Å². The first-order valence-corrected chi connectivity index (χ1v) is 5.84. The minimum atomic E-state index is 0.351. The van der Waals surface area contributed by atoms with Crippen LogP contribution in [0.3, 0.4) is 0 Å². The van der Waals surface area contributed by atoms with Crippen LogP contribution < -0.4 is 5.73 Å². The zero-order valence-electron chi connectivity index (χ0n) is 10.1. The molecule has 2 rings (SSSR count). The van der Waals surface area contributed by atoms with Gasteiger partial charge >= 0.3 is 0 Å². The molecule has 0 spiro atoms. The molecule has 0 saturated carbocycles. The normalized spacial score (nSPS) is 22.2. The Bertz CT molecular complexity index is 365. The standard InChI is InChI=1S/C13H20N2O/c1-10-7-12(3-4-13(10)14)9-15-5-6-16-11(2)8-15/h3-4,7,11H,5-6,8-9,14H2,1-2H3. The molecule has 16 heavy (non-hydrogen) atoms. The minimum absolute atomic E-state index is 0.351. The summed E-state index contributed by atoms with van der Waals surface area (Å²) < 4.78 is 5.53. The van der Waals surface area contributed by atoms with Gasteiger partial charge in [-0.25, -0.2) is 0 Å². The molecule has 0 aromatic heterocycles. The highest BCUT2D eigenvalue weighted by Crippen LogP contribution is 2.15. The molecule has 1 unspecified atom stereocenters. The molecule has 2 N–H and O–H groups in total. The molecule has 1 atom stereocenters. The van der Waals surface area contributed by atoms with Gasteiger partial charge in [-0.05, 0) is 31.0 Å². The van der Waals surface area contributed by atoms with Gasteiger partial charge in [-0.2, -0.15) is 0 Å². The lowest BCUT2D eigenvalue weighted by Gasteiger charge is -2.31. The molecule has 3 nitrogen and oxygen atoms in total. The van der Waals surface area contributed by atoms with E-state index in [1.54, 1.807) is 0 Å². The van der Waals surface area contributed by atoms with E-state index in [-0.39, 0.29) is 0 Å². The topological polar surface area (TPSA) is 38.5 Å². The van der Waals surface area contributed by atoms with Crippen LogP contribution in [-0.2, 0) is 11.3 Å². The summed E-state index contributed by atoms with van der Waals surface area (Å²) >= 11 is 0. The quantitative estimate of drug-likeness (QED) is 0.772. The number of benzene rings is 1. The minimum Gasteiger partial charge on any atom is -0.399 e. The van der Waals surface area contributed by atoms with E-state index in [0.717, 1.165) is 31.9 Å². The summed E-state index contributed by atoms with van der Waals surface area (Å²) in [5.41, 5.74) is 9.18. The molecular weight excluding hydrogens is 200 g/mol. The number of anilines is 1. The lowest BCUT2D eigenvalue weighted by atomic mass is 10.1. The van der Waals surface area contributed by atoms with Crippen molar-refractivity contribution in [3.63, 3.8) is 0 Å². The van der Waals surface area contributed by atoms with Crippen LogP contribution in [0.1, 0.15) is 18.1 Å². The van der Waals surface area contributed by atoms with Gasteiger partial charge in [-0.3, -0.25) is 4.90 Å². The summed E-state index contributed by atoms with van der Waals surface area (Å²) in [5, 5.41) is 0. The molecule has 1 aromatic carbocycles. The van der Waals surface area contributed by atoms with Crippen molar-refractivity contribution in [1.82, 2.24) is 4.90 Å². The van der Waals surface area contributed by atoms with E-state index in [1.165, 1.54) is 11.1 Å². The Morgan fingerprint density at radius 1 is 1.50 bits per heavy atom. The van der Waals surface area contributed by atoms with Crippen LogP contribution in [0, 0.1) is 6.92 Å². The van der Waals surface area contributed by atoms with E-state index >= 15 is 0 Å². The van der Waals surface area contributed by atoms with Crippen molar-refractivity contribution in [2.24, 2.45) is 0 Å². The average Bonchev–Trinajstić information content (AvgIpc) is 2.24. The third-order valence-corrected chi connectivity index (χ3v) is 3.07. The number of ether oxygens (including phenoxy) is 1. The van der Waals surface area contributed by atoms with Crippen LogP contribution in [0.25, 0.3) is 0 Å². The molecule has 0 radical (unpaired) electrons. The second-order valence-corrected chi connectivity index (χ2v) is 4.61. The number of aryl methyl sites for hydroxylation is 1. The van der Waals surface area contributed by atoms with Crippen molar-refractivity contribution < 1.29 is 4.74 Å². The van der Waals surface area contributed by atoms with Gasteiger partial charge in [0, 0.05) is 25.3 Å². The molecule has 1 heterocycles. The van der Waals surface area contributed by atoms with E-state index in [4.69, 9.17) is 10.5 Å². The van der Waals surface area contributed by atoms with Crippen LogP contribution in [0.2, 0.25) is 0 Å². The third-order valence-electron chi connectivity index (χ3n) is 3.07. The Morgan fingerprint density at radius 3 is 3.00 bits per heavy atom. The Hall–Kier alpha value is -1.06. The Balaban J connectivity index is 2.00. The maximum atomic E-state index is 5.81. The van der Waals surface area contributed by atoms with E-state index in [2.05, 4.69) is 30.9 Å². The van der Waals surface area contributed by atoms with Crippen molar-refractivity contribution in [2.75, 3.05) is 25.4 Å². The molecule has 1 aliphatic heterocycles. The van der Waals surface area contributed by atoms with Crippen molar-refractivity contribution >= 4 is 5.69 Å². The molecule has 88 valence electrons. The SMILES string of the molecule is Cc1cc(CN2CCOC(C)C2)ccc1N. The first-order chi connectivity index (χ1) is 7.65. The van der Waals surface area contributed by atoms with Crippen molar-refractivity contribution in [3.05, 3.63) is 29.3 Å². The molecule has 0 bridgehead atoms. The highest BCUT2D eigenvalue weighted by Gasteiger charge is 2.16. The van der Waals surface area contributed by atoms with E-state index in [9.17, 15) is 0 Å². The van der Waals surface area contributed by atoms with Gasteiger partial charge in [0.15, 0.2) is 0 Å². The Labute approximate surface area is 97.2 Å². The summed E-state index contributed by atoms with van der Waals surface area (Å²) in [4.78, 5) is 2.43. The van der Waals surface area contributed by atoms with Gasteiger partial charge in [0.25, 0.3) is 0 Å². The number of morpholine rings is 1. The smallest absolute Gasteiger partial charge is 0.0674 e. The van der Waals surface area contributed by atoms with Crippen LogP contribution >= 0.6 is 0 Å². The van der Waals surface area contributed by atoms with E-state index in [1.807, 2.05) is 6.07 Å². The van der Waals surface area contributed by atoms with Crippen LogP contribution in [-0.4, -0.2) is 30.7 Å². The highest BCUT2D eigenvalue weighted by atomic mass is 16.5. The lowest BCUT2D eigenvalue weighted by Crippen LogP contribution is -2.40. The third kappa shape index (κ3) is 2.74. The lowest BCUT2D eigenvalue weighted by molar-refractivity contribution is -0.0212. The zero-order chi connectivity index (χ0) is 11.5. The van der Waals surface area contributed by atoms with Crippen molar-refractivity contribution in [3.8, 4) is 0 Å². The molecule has 0 aliphatic carbocycles. The first-order valence-electron chi connectivity index (χ1n) is 5.84. The number of nitrogens with two attached hydrogens (primary N) is 1. The summed E-state index contributed by atoms with van der Waals surface area (Å²) in [5.74, 6) is 0. The summed E-state index contributed by atoms with van der Waals surface area (Å²) in [6, 6.07) is 6.28. The fraction of sp³-hybridized carbons (Fsp3) is 0.538. The van der Waals surface area contributed by atoms with Crippen LogP contribution in [0.4, 0.5) is 5.69 Å². The summed E-state index contributed by atoms with van der Waals surface area (Å²) in [6.45, 7) is 8.06. The first kappa shape index (κ1) is 11.4. The van der Waals surface area contributed by atoms with Crippen molar-refractivity contribution in [2.45, 2.75) is 26.5 Å². The van der Waals surface area contributed by atoms with E-state index in [0.29, 0.717) is 6.10 Å². The second-order valence-electron chi connectivity index (χ2n) is 4.61. The number of nitrogen functional groups attached to an aromatic ring is 1. The molecule has 1 fully saturated rings. The number of rotatable bonds is 2. The van der Waals surface area contributed by atoms with Crippen molar-refractivity contribution in [1.29, 1.82) is 0 Å². The van der Waals surface area contributed by atoms with E-state index < -0.39 is 0 Å². The maximum absolute atomic E-state index is 5.81. The average molecular weight is 220 g/mol. The Morgan fingerprint density at radius 2 is 2.31 bits per heavy atom. The number of nitrogens with zero attached hydrogens (tertiary/aromatic N) is 1. The summed E-state index contributed by atoms with van der Waals surface area (Å²) in [7, 11) is 0. The highest BCUT2D eigenvalue weighted by molar-refractivity contribution is 5.47. The zero-order valence-corrected chi connectivity index (χ0v) is 10.1. The predicted octanol–water partition coefficient (Wildman–Crippen LogP) is 1.80. The maximum Gasteiger partial charge on any atom is 0.0674 e. The Kier molecular flexibility index (Phi) is 3.46. The second kappa shape index (κ2) is 4.85. The summed E-state index contributed by atoms with van der Waals surface area (Å²) in [6.07, 6.45) is 0.351. The molecule has 3 heteroatoms. The van der Waals surface area contributed by atoms with Crippen LogP contribution in [0.15, 0.2) is 18.2 Å². The van der Waals surface area contributed by atoms with Crippen LogP contribution in [0.5, 0.6) is 0 Å². The van der Waals surface area contributed by atoms with Gasteiger partial charge in [0.2, 0.25) is 0 Å². The van der Waals surface area contributed by atoms with Gasteiger partial charge < -0.3 is 10.5 Å². The predicted molar refractivity (Wildman–Crippen MR) is 66.3 cm³/mol. The number of hydrogen-bond donors (Lipinski definition) is 1. The largest absolute Gasteiger partial charge is 0.399 e. The van der Waals surface area contributed by atoms with Gasteiger partial charge in [0.1, 0.15) is 0 Å². The molecule has 1 aromatic rings.